The summed E-state index contributed by atoms with van der Waals surface area (Å²) in [4.78, 5) is 12.0. The molecule has 20 heavy (non-hydrogen) atoms. The number of nitrogens with two attached hydrogens (primary N) is 1. The molecule has 0 aliphatic carbocycles. The van der Waals surface area contributed by atoms with Gasteiger partial charge in [0.05, 0.1) is 5.69 Å². The minimum Gasteiger partial charge on any atom is -0.409 e. The summed E-state index contributed by atoms with van der Waals surface area (Å²) < 4.78 is 19.0. The van der Waals surface area contributed by atoms with Gasteiger partial charge in [-0.2, -0.15) is 0 Å². The molecule has 0 atom stereocenters. The predicted molar refractivity (Wildman–Crippen MR) is 71.1 cm³/mol. The molecule has 6 nitrogen and oxygen atoms in total. The van der Waals surface area contributed by atoms with Crippen LogP contribution in [-0.2, 0) is 9.53 Å². The first-order valence-electron chi connectivity index (χ1n) is 6.28. The summed E-state index contributed by atoms with van der Waals surface area (Å²) >= 11 is 0. The molecule has 1 amide bonds. The molecule has 0 aromatic heterocycles. The first kappa shape index (κ1) is 14.3. The molecule has 0 spiro atoms. The lowest BCUT2D eigenvalue weighted by Gasteiger charge is -2.21. The van der Waals surface area contributed by atoms with Crippen molar-refractivity contribution in [1.29, 1.82) is 0 Å². The number of nitrogens with one attached hydrogen (secondary N) is 1. The Morgan fingerprint density at radius 3 is 2.75 bits per heavy atom. The van der Waals surface area contributed by atoms with Crippen LogP contribution in [0.5, 0.6) is 0 Å². The first-order chi connectivity index (χ1) is 9.61. The Bertz CT molecular complexity index is 528. The van der Waals surface area contributed by atoms with Gasteiger partial charge in [-0.15, -0.1) is 0 Å². The Balaban J connectivity index is 2.07. The summed E-state index contributed by atoms with van der Waals surface area (Å²) in [6.07, 6.45) is 1.27. The molecule has 2 rings (SSSR count). The number of rotatable bonds is 3. The fourth-order valence-corrected chi connectivity index (χ4v) is 2.03. The molecule has 4 N–H and O–H groups in total. The fraction of sp³-hybridized carbons (Fsp3) is 0.385. The number of hydrogen-bond donors (Lipinski definition) is 3. The van der Waals surface area contributed by atoms with Gasteiger partial charge in [-0.3, -0.25) is 4.79 Å². The minimum absolute atomic E-state index is 0.0796. The SMILES string of the molecule is N/C(=N/O)c1ccc(NC(=O)C2CCOCC2)c(F)c1. The molecule has 1 heterocycles. The molecule has 108 valence electrons. The highest BCUT2D eigenvalue weighted by molar-refractivity contribution is 5.98. The minimum atomic E-state index is -0.630. The van der Waals surface area contributed by atoms with Gasteiger partial charge in [0.15, 0.2) is 5.84 Å². The fourth-order valence-electron chi connectivity index (χ4n) is 2.03. The van der Waals surface area contributed by atoms with E-state index in [4.69, 9.17) is 15.7 Å². The lowest BCUT2D eigenvalue weighted by atomic mass is 9.99. The van der Waals surface area contributed by atoms with Crippen LogP contribution in [0.2, 0.25) is 0 Å². The van der Waals surface area contributed by atoms with E-state index in [1.807, 2.05) is 0 Å². The summed E-state index contributed by atoms with van der Waals surface area (Å²) in [7, 11) is 0. The van der Waals surface area contributed by atoms with E-state index < -0.39 is 5.82 Å². The molecule has 0 unspecified atom stereocenters. The molecule has 0 radical (unpaired) electrons. The van der Waals surface area contributed by atoms with Crippen LogP contribution in [0.25, 0.3) is 0 Å². The van der Waals surface area contributed by atoms with Crippen LogP contribution in [0.1, 0.15) is 18.4 Å². The molecule has 1 aliphatic heterocycles. The van der Waals surface area contributed by atoms with Crippen molar-refractivity contribution in [3.8, 4) is 0 Å². The van der Waals surface area contributed by atoms with Crippen LogP contribution in [0.4, 0.5) is 10.1 Å². The second-order valence-corrected chi connectivity index (χ2v) is 4.56. The smallest absolute Gasteiger partial charge is 0.227 e. The lowest BCUT2D eigenvalue weighted by molar-refractivity contribution is -0.122. The molecule has 0 saturated carbocycles. The maximum atomic E-state index is 13.8. The summed E-state index contributed by atoms with van der Waals surface area (Å²) in [6, 6.07) is 3.96. The second kappa shape index (κ2) is 6.33. The van der Waals surface area contributed by atoms with E-state index in [1.165, 1.54) is 12.1 Å². The summed E-state index contributed by atoms with van der Waals surface area (Å²) in [5, 5.41) is 13.9. The quantitative estimate of drug-likeness (QED) is 0.336. The van der Waals surface area contributed by atoms with Crippen LogP contribution in [0, 0.1) is 11.7 Å². The zero-order chi connectivity index (χ0) is 14.5. The molecule has 1 aromatic carbocycles. The molecular weight excluding hydrogens is 265 g/mol. The Morgan fingerprint density at radius 2 is 2.15 bits per heavy atom. The zero-order valence-electron chi connectivity index (χ0n) is 10.8. The van der Waals surface area contributed by atoms with Crippen LogP contribution >= 0.6 is 0 Å². The third kappa shape index (κ3) is 3.24. The highest BCUT2D eigenvalue weighted by atomic mass is 19.1. The topological polar surface area (TPSA) is 96.9 Å². The van der Waals surface area contributed by atoms with Gasteiger partial charge in [0, 0.05) is 24.7 Å². The van der Waals surface area contributed by atoms with Gasteiger partial charge in [-0.25, -0.2) is 4.39 Å². The van der Waals surface area contributed by atoms with Gasteiger partial charge in [0.25, 0.3) is 0 Å². The van der Waals surface area contributed by atoms with Gasteiger partial charge in [0.2, 0.25) is 5.91 Å². The van der Waals surface area contributed by atoms with Gasteiger partial charge in [0.1, 0.15) is 5.82 Å². The average molecular weight is 281 g/mol. The molecule has 0 bridgehead atoms. The van der Waals surface area contributed by atoms with Gasteiger partial charge < -0.3 is 21.0 Å². The molecule has 1 fully saturated rings. The van der Waals surface area contributed by atoms with E-state index in [-0.39, 0.29) is 28.9 Å². The van der Waals surface area contributed by atoms with E-state index in [0.717, 1.165) is 6.07 Å². The number of amides is 1. The predicted octanol–water partition coefficient (Wildman–Crippen LogP) is 1.29. The Kier molecular flexibility index (Phi) is 4.52. The summed E-state index contributed by atoms with van der Waals surface area (Å²) in [5.41, 5.74) is 5.69. The van der Waals surface area contributed by atoms with E-state index in [2.05, 4.69) is 10.5 Å². The van der Waals surface area contributed by atoms with Crippen LogP contribution in [0.3, 0.4) is 0 Å². The standard InChI is InChI=1S/C13H16FN3O3/c14-10-7-9(12(15)17-19)1-2-11(10)16-13(18)8-3-5-20-6-4-8/h1-2,7-8,19H,3-6H2,(H2,15,17)(H,16,18). The maximum Gasteiger partial charge on any atom is 0.227 e. The van der Waals surface area contributed by atoms with Crippen LogP contribution in [0.15, 0.2) is 23.4 Å². The zero-order valence-corrected chi connectivity index (χ0v) is 10.8. The first-order valence-corrected chi connectivity index (χ1v) is 6.28. The van der Waals surface area contributed by atoms with Crippen LogP contribution < -0.4 is 11.1 Å². The van der Waals surface area contributed by atoms with Gasteiger partial charge >= 0.3 is 0 Å². The number of benzene rings is 1. The highest BCUT2D eigenvalue weighted by Crippen LogP contribution is 2.20. The lowest BCUT2D eigenvalue weighted by Crippen LogP contribution is -2.28. The third-order valence-electron chi connectivity index (χ3n) is 3.22. The number of ether oxygens (including phenoxy) is 1. The average Bonchev–Trinajstić information content (AvgIpc) is 2.49. The number of amidine groups is 1. The normalized spacial score (nSPS) is 16.9. The van der Waals surface area contributed by atoms with E-state index in [0.29, 0.717) is 26.1 Å². The summed E-state index contributed by atoms with van der Waals surface area (Å²) in [5.74, 6) is -1.20. The van der Waals surface area contributed by atoms with E-state index >= 15 is 0 Å². The number of carbonyl (C=O) groups excluding carboxylic acids is 1. The third-order valence-corrected chi connectivity index (χ3v) is 3.22. The van der Waals surface area contributed by atoms with Crippen molar-refractivity contribution in [3.05, 3.63) is 29.6 Å². The van der Waals surface area contributed by atoms with E-state index in [1.54, 1.807) is 0 Å². The highest BCUT2D eigenvalue weighted by Gasteiger charge is 2.22. The van der Waals surface area contributed by atoms with Crippen molar-refractivity contribution in [3.63, 3.8) is 0 Å². The number of nitrogens with zero attached hydrogens (tertiary/aromatic N) is 1. The largest absolute Gasteiger partial charge is 0.409 e. The molecule has 1 aliphatic rings. The van der Waals surface area contributed by atoms with Crippen LogP contribution in [-0.4, -0.2) is 30.2 Å². The van der Waals surface area contributed by atoms with Crippen molar-refractivity contribution >= 4 is 17.4 Å². The number of halogens is 1. The number of oxime groups is 1. The Hall–Kier alpha value is -2.15. The molecular formula is C13H16FN3O3. The molecule has 1 saturated heterocycles. The maximum absolute atomic E-state index is 13.8. The second-order valence-electron chi connectivity index (χ2n) is 4.56. The van der Waals surface area contributed by atoms with E-state index in [9.17, 15) is 9.18 Å². The van der Waals surface area contributed by atoms with Gasteiger partial charge in [-0.05, 0) is 31.0 Å². The molecule has 7 heteroatoms. The monoisotopic (exact) mass is 281 g/mol. The van der Waals surface area contributed by atoms with Crippen molar-refractivity contribution in [2.45, 2.75) is 12.8 Å². The molecule has 1 aromatic rings. The van der Waals surface area contributed by atoms with Crippen molar-refractivity contribution in [1.82, 2.24) is 0 Å². The number of hydrogen-bond acceptors (Lipinski definition) is 4. The summed E-state index contributed by atoms with van der Waals surface area (Å²) in [6.45, 7) is 1.09. The van der Waals surface area contributed by atoms with Gasteiger partial charge in [-0.1, -0.05) is 5.16 Å². The Morgan fingerprint density at radius 1 is 1.45 bits per heavy atom. The van der Waals surface area contributed by atoms with Crippen molar-refractivity contribution in [2.24, 2.45) is 16.8 Å². The van der Waals surface area contributed by atoms with Crippen molar-refractivity contribution in [2.75, 3.05) is 18.5 Å². The Labute approximate surface area is 115 Å². The number of anilines is 1. The van der Waals surface area contributed by atoms with Crippen molar-refractivity contribution < 1.29 is 19.1 Å². The number of carbonyl (C=O) groups is 1.